The molecule has 3 aliphatic rings. The van der Waals surface area contributed by atoms with Gasteiger partial charge in [0.2, 0.25) is 5.91 Å². The van der Waals surface area contributed by atoms with Crippen molar-refractivity contribution in [3.8, 4) is 0 Å². The molecule has 0 radical (unpaired) electrons. The van der Waals surface area contributed by atoms with Crippen LogP contribution in [0, 0.1) is 17.8 Å². The van der Waals surface area contributed by atoms with Gasteiger partial charge in [0.1, 0.15) is 0 Å². The van der Waals surface area contributed by atoms with Gasteiger partial charge in [-0.3, -0.25) is 4.79 Å². The normalized spacial score (nSPS) is 46.1. The number of carbonyl (C=O) groups excluding carboxylic acids is 1. The fraction of sp³-hybridized carbons (Fsp3) is 0.889. The molecule has 0 aliphatic heterocycles. The first-order valence-electron chi connectivity index (χ1n) is 4.75. The Bertz CT molecular complexity index is 195. The average molecular weight is 168 g/mol. The van der Waals surface area contributed by atoms with E-state index in [1.807, 2.05) is 0 Å². The van der Waals surface area contributed by atoms with Gasteiger partial charge in [-0.05, 0) is 37.5 Å². The highest BCUT2D eigenvalue weighted by Crippen LogP contribution is 2.43. The Morgan fingerprint density at radius 3 is 1.92 bits per heavy atom. The summed E-state index contributed by atoms with van der Waals surface area (Å²) in [7, 11) is 0. The van der Waals surface area contributed by atoms with E-state index >= 15 is 0 Å². The number of rotatable bonds is 1. The Morgan fingerprint density at radius 1 is 1.08 bits per heavy atom. The van der Waals surface area contributed by atoms with Crippen LogP contribution in [0.25, 0.3) is 0 Å². The summed E-state index contributed by atoms with van der Waals surface area (Å²) in [5.41, 5.74) is 11.3. The molecule has 3 saturated carbocycles. The van der Waals surface area contributed by atoms with E-state index in [0.717, 1.165) is 12.8 Å². The highest BCUT2D eigenvalue weighted by atomic mass is 16.1. The maximum atomic E-state index is 11.1. The minimum Gasteiger partial charge on any atom is -0.369 e. The SMILES string of the molecule is NC(=O)C1C2CCC(CC2)C1N. The van der Waals surface area contributed by atoms with Crippen molar-refractivity contribution in [1.29, 1.82) is 0 Å². The van der Waals surface area contributed by atoms with Gasteiger partial charge >= 0.3 is 0 Å². The van der Waals surface area contributed by atoms with Crippen LogP contribution in [-0.2, 0) is 4.79 Å². The van der Waals surface area contributed by atoms with Gasteiger partial charge in [-0.1, -0.05) is 0 Å². The lowest BCUT2D eigenvalue weighted by molar-refractivity contribution is -0.127. The number of amides is 1. The van der Waals surface area contributed by atoms with Crippen molar-refractivity contribution in [3.05, 3.63) is 0 Å². The molecule has 3 nitrogen and oxygen atoms in total. The lowest BCUT2D eigenvalue weighted by Crippen LogP contribution is -2.54. The second kappa shape index (κ2) is 2.73. The van der Waals surface area contributed by atoms with Crippen molar-refractivity contribution >= 4 is 5.91 Å². The summed E-state index contributed by atoms with van der Waals surface area (Å²) >= 11 is 0. The quantitative estimate of drug-likeness (QED) is 0.588. The van der Waals surface area contributed by atoms with Crippen LogP contribution in [0.4, 0.5) is 0 Å². The molecule has 1 amide bonds. The molecule has 0 spiro atoms. The summed E-state index contributed by atoms with van der Waals surface area (Å²) in [6.45, 7) is 0. The zero-order valence-electron chi connectivity index (χ0n) is 7.20. The van der Waals surface area contributed by atoms with E-state index in [1.165, 1.54) is 12.8 Å². The van der Waals surface area contributed by atoms with Gasteiger partial charge in [0.15, 0.2) is 0 Å². The van der Waals surface area contributed by atoms with Crippen LogP contribution in [0.2, 0.25) is 0 Å². The Morgan fingerprint density at radius 2 is 1.58 bits per heavy atom. The zero-order chi connectivity index (χ0) is 8.72. The molecule has 0 saturated heterocycles. The van der Waals surface area contributed by atoms with Crippen molar-refractivity contribution in [2.45, 2.75) is 31.7 Å². The molecule has 2 unspecified atom stereocenters. The number of primary amides is 1. The molecule has 3 rings (SSSR count). The van der Waals surface area contributed by atoms with Gasteiger partial charge in [-0.15, -0.1) is 0 Å². The minimum atomic E-state index is -0.183. The highest BCUT2D eigenvalue weighted by Gasteiger charge is 2.44. The lowest BCUT2D eigenvalue weighted by atomic mass is 9.62. The van der Waals surface area contributed by atoms with Crippen LogP contribution in [0.15, 0.2) is 0 Å². The maximum Gasteiger partial charge on any atom is 0.222 e. The van der Waals surface area contributed by atoms with Crippen LogP contribution >= 0.6 is 0 Å². The number of hydrogen-bond acceptors (Lipinski definition) is 2. The third-order valence-electron chi connectivity index (χ3n) is 3.61. The molecule has 4 N–H and O–H groups in total. The topological polar surface area (TPSA) is 69.1 Å². The van der Waals surface area contributed by atoms with E-state index in [0.29, 0.717) is 11.8 Å². The molecule has 3 fully saturated rings. The largest absolute Gasteiger partial charge is 0.369 e. The number of carbonyl (C=O) groups is 1. The van der Waals surface area contributed by atoms with Gasteiger partial charge in [0.25, 0.3) is 0 Å². The van der Waals surface area contributed by atoms with Crippen molar-refractivity contribution in [1.82, 2.24) is 0 Å². The van der Waals surface area contributed by atoms with Crippen LogP contribution in [0.3, 0.4) is 0 Å². The Hall–Kier alpha value is -0.570. The fourth-order valence-corrected chi connectivity index (χ4v) is 2.92. The third kappa shape index (κ3) is 1.04. The summed E-state index contributed by atoms with van der Waals surface area (Å²) in [6, 6.07) is 0.0509. The second-order valence-corrected chi connectivity index (χ2v) is 4.18. The van der Waals surface area contributed by atoms with Crippen LogP contribution in [0.5, 0.6) is 0 Å². The third-order valence-corrected chi connectivity index (χ3v) is 3.61. The van der Waals surface area contributed by atoms with Crippen molar-refractivity contribution < 1.29 is 4.79 Å². The van der Waals surface area contributed by atoms with E-state index in [-0.39, 0.29) is 17.9 Å². The molecule has 3 heteroatoms. The zero-order valence-corrected chi connectivity index (χ0v) is 7.20. The minimum absolute atomic E-state index is 0.0301. The van der Waals surface area contributed by atoms with E-state index in [1.54, 1.807) is 0 Å². The molecule has 68 valence electrons. The smallest absolute Gasteiger partial charge is 0.222 e. The molecule has 0 aromatic heterocycles. The van der Waals surface area contributed by atoms with E-state index in [9.17, 15) is 4.79 Å². The van der Waals surface area contributed by atoms with E-state index in [4.69, 9.17) is 11.5 Å². The van der Waals surface area contributed by atoms with Crippen molar-refractivity contribution in [2.24, 2.45) is 29.2 Å². The van der Waals surface area contributed by atoms with Crippen LogP contribution < -0.4 is 11.5 Å². The van der Waals surface area contributed by atoms with Gasteiger partial charge < -0.3 is 11.5 Å². The van der Waals surface area contributed by atoms with Gasteiger partial charge in [-0.25, -0.2) is 0 Å². The first-order valence-corrected chi connectivity index (χ1v) is 4.75. The summed E-state index contributed by atoms with van der Waals surface area (Å²) in [6.07, 6.45) is 4.73. The van der Waals surface area contributed by atoms with Gasteiger partial charge in [0, 0.05) is 6.04 Å². The van der Waals surface area contributed by atoms with Crippen LogP contribution in [-0.4, -0.2) is 11.9 Å². The van der Waals surface area contributed by atoms with E-state index in [2.05, 4.69) is 0 Å². The molecular formula is C9H16N2O. The molecule has 12 heavy (non-hydrogen) atoms. The Labute approximate surface area is 72.5 Å². The van der Waals surface area contributed by atoms with Crippen LogP contribution in [0.1, 0.15) is 25.7 Å². The molecule has 0 heterocycles. The first kappa shape index (κ1) is 8.05. The van der Waals surface area contributed by atoms with E-state index < -0.39 is 0 Å². The Kier molecular flexibility index (Phi) is 1.83. The number of fused-ring (bicyclic) bond motifs is 3. The monoisotopic (exact) mass is 168 g/mol. The lowest BCUT2D eigenvalue weighted by Gasteiger charge is -2.45. The Balaban J connectivity index is 2.18. The summed E-state index contributed by atoms with van der Waals surface area (Å²) in [5.74, 6) is 0.837. The predicted octanol–water partition coefficient (Wildman–Crippen LogP) is 0.235. The fourth-order valence-electron chi connectivity index (χ4n) is 2.92. The molecule has 3 aliphatic carbocycles. The summed E-state index contributed by atoms with van der Waals surface area (Å²) in [4.78, 5) is 11.1. The number of nitrogens with two attached hydrogens (primary N) is 2. The molecule has 0 aromatic carbocycles. The molecule has 0 aromatic rings. The second-order valence-electron chi connectivity index (χ2n) is 4.18. The van der Waals surface area contributed by atoms with Crippen molar-refractivity contribution in [3.63, 3.8) is 0 Å². The molecular weight excluding hydrogens is 152 g/mol. The standard InChI is InChI=1S/C9H16N2O/c10-8-6-3-1-5(2-4-6)7(8)9(11)12/h5-8H,1-4,10H2,(H2,11,12). The summed E-state index contributed by atoms with van der Waals surface area (Å²) < 4.78 is 0. The highest BCUT2D eigenvalue weighted by molar-refractivity contribution is 5.78. The molecule has 2 atom stereocenters. The van der Waals surface area contributed by atoms with Gasteiger partial charge in [0.05, 0.1) is 5.92 Å². The predicted molar refractivity (Wildman–Crippen MR) is 46.1 cm³/mol. The number of hydrogen-bond donors (Lipinski definition) is 2. The molecule has 2 bridgehead atoms. The maximum absolute atomic E-state index is 11.1. The average Bonchev–Trinajstić information content (AvgIpc) is 2.05. The summed E-state index contributed by atoms with van der Waals surface area (Å²) in [5, 5.41) is 0. The first-order chi connectivity index (χ1) is 5.70. The van der Waals surface area contributed by atoms with Crippen molar-refractivity contribution in [2.75, 3.05) is 0 Å². The van der Waals surface area contributed by atoms with Gasteiger partial charge in [-0.2, -0.15) is 0 Å².